The molecule has 2 atom stereocenters. The number of carbonyl (C=O) groups excluding carboxylic acids is 2. The van der Waals surface area contributed by atoms with Crippen LogP contribution in [0.2, 0.25) is 0 Å². The first-order chi connectivity index (χ1) is 6.20. The topological polar surface area (TPSA) is 43.4 Å². The summed E-state index contributed by atoms with van der Waals surface area (Å²) in [5, 5.41) is 0. The fraction of sp³-hybridized carbons (Fsp3) is 0.400. The van der Waals surface area contributed by atoms with Gasteiger partial charge in [-0.15, -0.1) is 0 Å². The van der Waals surface area contributed by atoms with Crippen molar-refractivity contribution in [3.63, 3.8) is 0 Å². The molecule has 2 bridgehead atoms. The highest BCUT2D eigenvalue weighted by Gasteiger charge is 2.50. The van der Waals surface area contributed by atoms with Crippen LogP contribution in [0.25, 0.3) is 0 Å². The molecule has 0 amide bonds. The largest absolute Gasteiger partial charge is 0.468 e. The number of methoxy groups -OCH3 is 1. The lowest BCUT2D eigenvalue weighted by Gasteiger charge is -2.24. The van der Waals surface area contributed by atoms with E-state index in [1.54, 1.807) is 12.2 Å². The molecule has 13 heavy (non-hydrogen) atoms. The van der Waals surface area contributed by atoms with Crippen molar-refractivity contribution in [2.45, 2.75) is 6.42 Å². The predicted octanol–water partition coefficient (Wildman–Crippen LogP) is 0.861. The van der Waals surface area contributed by atoms with E-state index in [9.17, 15) is 9.59 Å². The van der Waals surface area contributed by atoms with Gasteiger partial charge in [-0.2, -0.15) is 0 Å². The van der Waals surface area contributed by atoms with Crippen LogP contribution in [0, 0.1) is 11.3 Å². The summed E-state index contributed by atoms with van der Waals surface area (Å²) in [7, 11) is 1.31. The molecule has 68 valence electrons. The minimum Gasteiger partial charge on any atom is -0.468 e. The second-order valence-corrected chi connectivity index (χ2v) is 3.34. The van der Waals surface area contributed by atoms with Crippen LogP contribution in [0.3, 0.4) is 0 Å². The normalized spacial score (nSPS) is 35.2. The molecule has 3 nitrogen and oxygen atoms in total. The average Bonchev–Trinajstić information content (AvgIpc) is 2.40. The summed E-state index contributed by atoms with van der Waals surface area (Å²) in [6.07, 6.45) is 7.57. The number of ketones is 1. The van der Waals surface area contributed by atoms with Crippen molar-refractivity contribution in [1.82, 2.24) is 0 Å². The molecule has 0 saturated carbocycles. The van der Waals surface area contributed by atoms with Gasteiger partial charge in [0.25, 0.3) is 0 Å². The van der Waals surface area contributed by atoms with E-state index in [2.05, 4.69) is 4.74 Å². The maximum absolute atomic E-state index is 11.7. The zero-order valence-electron chi connectivity index (χ0n) is 7.32. The van der Waals surface area contributed by atoms with Gasteiger partial charge in [0.15, 0.2) is 5.78 Å². The first-order valence-electron chi connectivity index (χ1n) is 4.19. The summed E-state index contributed by atoms with van der Waals surface area (Å²) >= 11 is 0. The molecule has 2 aliphatic carbocycles. The van der Waals surface area contributed by atoms with Crippen LogP contribution in [-0.4, -0.2) is 18.9 Å². The number of rotatable bonds is 1. The number of esters is 1. The van der Waals surface area contributed by atoms with E-state index in [-0.39, 0.29) is 11.7 Å². The summed E-state index contributed by atoms with van der Waals surface area (Å²) in [6.45, 7) is 0. The Morgan fingerprint density at radius 3 is 3.08 bits per heavy atom. The van der Waals surface area contributed by atoms with Crippen LogP contribution in [0.15, 0.2) is 24.3 Å². The number of Topliss-reactive ketones (excluding diaryl/α,β-unsaturated/α-hetero) is 1. The Kier molecular flexibility index (Phi) is 1.62. The summed E-state index contributed by atoms with van der Waals surface area (Å²) in [5.41, 5.74) is -1.01. The maximum Gasteiger partial charge on any atom is 0.323 e. The van der Waals surface area contributed by atoms with Crippen molar-refractivity contribution in [2.24, 2.45) is 11.3 Å². The van der Waals surface area contributed by atoms with E-state index in [1.165, 1.54) is 7.11 Å². The first kappa shape index (κ1) is 8.23. The molecule has 0 aliphatic heterocycles. The molecular weight excluding hydrogens is 168 g/mol. The lowest BCUT2D eigenvalue weighted by molar-refractivity contribution is -0.154. The maximum atomic E-state index is 11.7. The molecule has 0 fully saturated rings. The highest BCUT2D eigenvalue weighted by atomic mass is 16.5. The number of ether oxygens (including phenoxy) is 1. The second-order valence-electron chi connectivity index (χ2n) is 3.34. The highest BCUT2D eigenvalue weighted by molar-refractivity contribution is 6.11. The van der Waals surface area contributed by atoms with Crippen molar-refractivity contribution >= 4 is 11.8 Å². The summed E-state index contributed by atoms with van der Waals surface area (Å²) in [5.74, 6) is -0.713. The molecule has 2 aliphatic rings. The van der Waals surface area contributed by atoms with Gasteiger partial charge in [0.05, 0.1) is 13.0 Å². The van der Waals surface area contributed by atoms with Crippen molar-refractivity contribution < 1.29 is 14.3 Å². The predicted molar refractivity (Wildman–Crippen MR) is 45.8 cm³/mol. The van der Waals surface area contributed by atoms with E-state index in [1.807, 2.05) is 12.2 Å². The molecule has 0 aromatic heterocycles. The Balaban J connectivity index is 2.43. The third-order valence-corrected chi connectivity index (χ3v) is 2.66. The number of carbonyl (C=O) groups is 2. The number of hydrogen-bond acceptors (Lipinski definition) is 3. The standard InChI is InChI=1S/C10H10O3/c1-13-9(12)10-5-2-3-7(4-6-10)8(10)11/h2-4,6-7H,5H2,1H3. The molecule has 2 rings (SSSR count). The van der Waals surface area contributed by atoms with E-state index < -0.39 is 11.4 Å². The van der Waals surface area contributed by atoms with Gasteiger partial charge in [-0.1, -0.05) is 24.3 Å². The fourth-order valence-electron chi connectivity index (χ4n) is 1.89. The molecule has 0 saturated heterocycles. The van der Waals surface area contributed by atoms with Gasteiger partial charge in [0.1, 0.15) is 5.41 Å². The average molecular weight is 178 g/mol. The molecule has 0 aromatic rings. The van der Waals surface area contributed by atoms with Crippen LogP contribution < -0.4 is 0 Å². The van der Waals surface area contributed by atoms with Crippen LogP contribution in [0.1, 0.15) is 6.42 Å². The van der Waals surface area contributed by atoms with E-state index >= 15 is 0 Å². The number of hydrogen-bond donors (Lipinski definition) is 0. The molecule has 2 unspecified atom stereocenters. The van der Waals surface area contributed by atoms with Gasteiger partial charge in [0.2, 0.25) is 0 Å². The summed E-state index contributed by atoms with van der Waals surface area (Å²) in [6, 6.07) is 0. The Bertz CT molecular complexity index is 327. The SMILES string of the molecule is COC(=O)C12C=CC(C=CC1)C2=O. The molecule has 0 heterocycles. The van der Waals surface area contributed by atoms with Crippen LogP contribution >= 0.6 is 0 Å². The highest BCUT2D eigenvalue weighted by Crippen LogP contribution is 2.40. The minimum absolute atomic E-state index is 0.0538. The minimum atomic E-state index is -1.01. The van der Waals surface area contributed by atoms with Gasteiger partial charge in [0, 0.05) is 0 Å². The molecule has 0 N–H and O–H groups in total. The monoisotopic (exact) mass is 178 g/mol. The van der Waals surface area contributed by atoms with Crippen molar-refractivity contribution in [1.29, 1.82) is 0 Å². The zero-order valence-corrected chi connectivity index (χ0v) is 7.32. The van der Waals surface area contributed by atoms with E-state index in [4.69, 9.17) is 0 Å². The molecule has 0 aromatic carbocycles. The van der Waals surface area contributed by atoms with E-state index in [0.29, 0.717) is 6.42 Å². The molecule has 0 spiro atoms. The lowest BCUT2D eigenvalue weighted by atomic mass is 9.77. The third kappa shape index (κ3) is 0.899. The lowest BCUT2D eigenvalue weighted by Crippen LogP contribution is -2.39. The van der Waals surface area contributed by atoms with Gasteiger partial charge >= 0.3 is 5.97 Å². The fourth-order valence-corrected chi connectivity index (χ4v) is 1.89. The van der Waals surface area contributed by atoms with Gasteiger partial charge in [-0.25, -0.2) is 0 Å². The number of fused-ring (bicyclic) bond motifs is 2. The van der Waals surface area contributed by atoms with Crippen LogP contribution in [0.5, 0.6) is 0 Å². The summed E-state index contributed by atoms with van der Waals surface area (Å²) in [4.78, 5) is 23.1. The molecular formula is C10H10O3. The van der Waals surface area contributed by atoms with E-state index in [0.717, 1.165) is 0 Å². The molecule has 0 radical (unpaired) electrons. The first-order valence-corrected chi connectivity index (χ1v) is 4.19. The van der Waals surface area contributed by atoms with Crippen molar-refractivity contribution in [3.8, 4) is 0 Å². The van der Waals surface area contributed by atoms with Gasteiger partial charge in [-0.05, 0) is 6.42 Å². The van der Waals surface area contributed by atoms with Gasteiger partial charge in [-0.3, -0.25) is 9.59 Å². The number of allylic oxidation sites excluding steroid dienone is 3. The van der Waals surface area contributed by atoms with Crippen molar-refractivity contribution in [2.75, 3.05) is 7.11 Å². The zero-order chi connectivity index (χ0) is 9.47. The van der Waals surface area contributed by atoms with Crippen LogP contribution in [-0.2, 0) is 14.3 Å². The van der Waals surface area contributed by atoms with Crippen LogP contribution in [0.4, 0.5) is 0 Å². The molecule has 3 heteroatoms. The smallest absolute Gasteiger partial charge is 0.323 e. The Hall–Kier alpha value is -1.38. The van der Waals surface area contributed by atoms with Crippen molar-refractivity contribution in [3.05, 3.63) is 24.3 Å². The van der Waals surface area contributed by atoms with Gasteiger partial charge < -0.3 is 4.74 Å². The quantitative estimate of drug-likeness (QED) is 0.340. The Morgan fingerprint density at radius 1 is 1.62 bits per heavy atom. The Morgan fingerprint density at radius 2 is 2.38 bits per heavy atom. The second kappa shape index (κ2) is 2.55. The summed E-state index contributed by atoms with van der Waals surface area (Å²) < 4.78 is 4.64. The third-order valence-electron chi connectivity index (χ3n) is 2.66. The Labute approximate surface area is 76.1 Å².